The van der Waals surface area contributed by atoms with Gasteiger partial charge < -0.3 is 9.32 Å². The number of pyridine rings is 1. The molecule has 1 fully saturated rings. The van der Waals surface area contributed by atoms with E-state index in [-0.39, 0.29) is 5.91 Å². The molecular formula is C26H33N3O2. The van der Waals surface area contributed by atoms with Gasteiger partial charge >= 0.3 is 0 Å². The van der Waals surface area contributed by atoms with Crippen LogP contribution < -0.4 is 0 Å². The maximum absolute atomic E-state index is 13.6. The van der Waals surface area contributed by atoms with Crippen LogP contribution in [0, 0.1) is 19.8 Å². The van der Waals surface area contributed by atoms with E-state index in [0.29, 0.717) is 17.0 Å². The third kappa shape index (κ3) is 4.67. The molecule has 2 aromatic heterocycles. The van der Waals surface area contributed by atoms with Crippen LogP contribution in [-0.2, 0) is 0 Å². The second-order valence-corrected chi connectivity index (χ2v) is 8.76. The molecule has 164 valence electrons. The molecule has 1 aromatic carbocycles. The van der Waals surface area contributed by atoms with Gasteiger partial charge in [-0.1, -0.05) is 38.3 Å². The highest BCUT2D eigenvalue weighted by Crippen LogP contribution is 2.28. The molecule has 0 unspecified atom stereocenters. The number of aromatic nitrogens is 1. The van der Waals surface area contributed by atoms with Crippen molar-refractivity contribution in [2.75, 3.05) is 32.7 Å². The molecule has 3 aromatic rings. The number of carbonyl (C=O) groups excluding carboxylic acids is 1. The highest BCUT2D eigenvalue weighted by molar-refractivity contribution is 6.07. The zero-order valence-electron chi connectivity index (χ0n) is 19.1. The van der Waals surface area contributed by atoms with Gasteiger partial charge in [-0.3, -0.25) is 9.69 Å². The molecule has 1 amide bonds. The average molecular weight is 420 g/mol. The third-order valence-corrected chi connectivity index (χ3v) is 6.52. The van der Waals surface area contributed by atoms with Crippen LogP contribution in [0.2, 0.25) is 0 Å². The van der Waals surface area contributed by atoms with Crippen LogP contribution >= 0.6 is 0 Å². The van der Waals surface area contributed by atoms with E-state index in [1.54, 1.807) is 0 Å². The van der Waals surface area contributed by atoms with Crippen LogP contribution in [0.1, 0.15) is 48.4 Å². The average Bonchev–Trinajstić information content (AvgIpc) is 3.23. The minimum atomic E-state index is 0.0877. The molecule has 0 radical (unpaired) electrons. The van der Waals surface area contributed by atoms with Gasteiger partial charge in [0.25, 0.3) is 5.91 Å². The fourth-order valence-electron chi connectivity index (χ4n) is 4.43. The Morgan fingerprint density at radius 3 is 2.42 bits per heavy atom. The van der Waals surface area contributed by atoms with E-state index in [2.05, 4.69) is 24.8 Å². The molecule has 0 N–H and O–H groups in total. The van der Waals surface area contributed by atoms with E-state index in [9.17, 15) is 4.79 Å². The van der Waals surface area contributed by atoms with Gasteiger partial charge in [0.1, 0.15) is 11.5 Å². The highest BCUT2D eigenvalue weighted by Gasteiger charge is 2.25. The molecule has 5 heteroatoms. The number of benzene rings is 1. The molecule has 0 bridgehead atoms. The second-order valence-electron chi connectivity index (χ2n) is 8.76. The van der Waals surface area contributed by atoms with Gasteiger partial charge in [-0.25, -0.2) is 4.98 Å². The first-order valence-electron chi connectivity index (χ1n) is 11.5. The fraction of sp³-hybridized carbons (Fsp3) is 0.462. The lowest BCUT2D eigenvalue weighted by Gasteiger charge is -2.36. The van der Waals surface area contributed by atoms with E-state index < -0.39 is 0 Å². The van der Waals surface area contributed by atoms with Crippen LogP contribution in [0.25, 0.3) is 22.4 Å². The summed E-state index contributed by atoms with van der Waals surface area (Å²) in [4.78, 5) is 22.9. The molecule has 5 nitrogen and oxygen atoms in total. The van der Waals surface area contributed by atoms with Gasteiger partial charge in [-0.05, 0) is 50.1 Å². The molecule has 3 heterocycles. The molecule has 1 saturated heterocycles. The summed E-state index contributed by atoms with van der Waals surface area (Å²) in [5.74, 6) is 2.37. The number of nitrogens with zero attached hydrogens (tertiary/aromatic N) is 3. The molecule has 31 heavy (non-hydrogen) atoms. The normalized spacial score (nSPS) is 15.2. The van der Waals surface area contributed by atoms with Crippen molar-refractivity contribution in [1.29, 1.82) is 0 Å². The first-order chi connectivity index (χ1) is 15.0. The number of rotatable bonds is 6. The van der Waals surface area contributed by atoms with Gasteiger partial charge in [0, 0.05) is 38.1 Å². The third-order valence-electron chi connectivity index (χ3n) is 6.52. The second kappa shape index (κ2) is 9.23. The number of fused-ring (bicyclic) bond motifs is 1. The predicted molar refractivity (Wildman–Crippen MR) is 125 cm³/mol. The molecule has 0 atom stereocenters. The number of hydrogen-bond donors (Lipinski definition) is 0. The summed E-state index contributed by atoms with van der Waals surface area (Å²) in [7, 11) is 0. The zero-order valence-corrected chi connectivity index (χ0v) is 19.1. The predicted octanol–water partition coefficient (Wildman–Crippen LogP) is 5.31. The Labute approximate surface area is 185 Å². The Morgan fingerprint density at radius 1 is 1.03 bits per heavy atom. The van der Waals surface area contributed by atoms with Gasteiger partial charge in [0.05, 0.1) is 11.1 Å². The van der Waals surface area contributed by atoms with Gasteiger partial charge in [0.2, 0.25) is 0 Å². The van der Waals surface area contributed by atoms with E-state index in [1.165, 1.54) is 12.8 Å². The lowest BCUT2D eigenvalue weighted by atomic mass is 10.0. The largest absolute Gasteiger partial charge is 0.460 e. The molecule has 0 saturated carbocycles. The quantitative estimate of drug-likeness (QED) is 0.544. The number of carbonyl (C=O) groups is 1. The maximum atomic E-state index is 13.6. The van der Waals surface area contributed by atoms with Crippen molar-refractivity contribution in [1.82, 2.24) is 14.8 Å². The van der Waals surface area contributed by atoms with Crippen LogP contribution in [0.4, 0.5) is 0 Å². The molecule has 0 spiro atoms. The highest BCUT2D eigenvalue weighted by atomic mass is 16.3. The number of furan rings is 1. The molecule has 1 aliphatic rings. The van der Waals surface area contributed by atoms with Crippen molar-refractivity contribution in [3.05, 3.63) is 53.3 Å². The van der Waals surface area contributed by atoms with E-state index in [1.807, 2.05) is 49.1 Å². The Hall–Kier alpha value is -2.66. The summed E-state index contributed by atoms with van der Waals surface area (Å²) >= 11 is 0. The Morgan fingerprint density at radius 2 is 1.77 bits per heavy atom. The fourth-order valence-corrected chi connectivity index (χ4v) is 4.43. The van der Waals surface area contributed by atoms with Crippen LogP contribution in [-0.4, -0.2) is 53.4 Å². The maximum Gasteiger partial charge on any atom is 0.254 e. The molecular weight excluding hydrogens is 386 g/mol. The van der Waals surface area contributed by atoms with Crippen LogP contribution in [0.3, 0.4) is 0 Å². The van der Waals surface area contributed by atoms with Crippen molar-refractivity contribution in [2.45, 2.75) is 40.5 Å². The van der Waals surface area contributed by atoms with E-state index in [4.69, 9.17) is 9.40 Å². The number of hydrogen-bond acceptors (Lipinski definition) is 4. The van der Waals surface area contributed by atoms with Crippen molar-refractivity contribution in [2.24, 2.45) is 5.92 Å². The standard InChI is InChI=1S/C26H33N3O2/c1-5-20(6-2)17-28-11-13-29(14-12-28)26(30)22-16-24(25-10-8-19(4)31-25)27-23-9-7-18(3)15-21(22)23/h7-10,15-16,20H,5-6,11-14,17H2,1-4H3. The van der Waals surface area contributed by atoms with E-state index >= 15 is 0 Å². The van der Waals surface area contributed by atoms with Crippen molar-refractivity contribution >= 4 is 16.8 Å². The summed E-state index contributed by atoms with van der Waals surface area (Å²) in [6.45, 7) is 13.0. The van der Waals surface area contributed by atoms with Crippen LogP contribution in [0.15, 0.2) is 40.8 Å². The Bertz CT molecular complexity index is 1060. The summed E-state index contributed by atoms with van der Waals surface area (Å²) < 4.78 is 5.80. The summed E-state index contributed by atoms with van der Waals surface area (Å²) in [6.07, 6.45) is 2.43. The zero-order chi connectivity index (χ0) is 22.0. The van der Waals surface area contributed by atoms with Gasteiger partial charge in [0.15, 0.2) is 5.76 Å². The smallest absolute Gasteiger partial charge is 0.254 e. The number of aryl methyl sites for hydroxylation is 2. The van der Waals surface area contributed by atoms with Crippen molar-refractivity contribution in [3.8, 4) is 11.5 Å². The molecule has 4 rings (SSSR count). The lowest BCUT2D eigenvalue weighted by molar-refractivity contribution is 0.0616. The minimum absolute atomic E-state index is 0.0877. The summed E-state index contributed by atoms with van der Waals surface area (Å²) in [5.41, 5.74) is 3.37. The molecule has 1 aliphatic heterocycles. The molecule has 0 aliphatic carbocycles. The van der Waals surface area contributed by atoms with Gasteiger partial charge in [-0.2, -0.15) is 0 Å². The Balaban J connectivity index is 1.61. The Kier molecular flexibility index (Phi) is 6.42. The summed E-state index contributed by atoms with van der Waals surface area (Å²) in [5, 5.41) is 0.913. The minimum Gasteiger partial charge on any atom is -0.460 e. The number of amides is 1. The first kappa shape index (κ1) is 21.6. The van der Waals surface area contributed by atoms with Crippen LogP contribution in [0.5, 0.6) is 0 Å². The summed E-state index contributed by atoms with van der Waals surface area (Å²) in [6, 6.07) is 11.8. The van der Waals surface area contributed by atoms with Crippen molar-refractivity contribution < 1.29 is 9.21 Å². The topological polar surface area (TPSA) is 49.6 Å². The lowest BCUT2D eigenvalue weighted by Crippen LogP contribution is -2.49. The SMILES string of the molecule is CCC(CC)CN1CCN(C(=O)c2cc(-c3ccc(C)o3)nc3ccc(C)cc23)CC1. The first-order valence-corrected chi connectivity index (χ1v) is 11.5. The monoisotopic (exact) mass is 419 g/mol. The van der Waals surface area contributed by atoms with Crippen molar-refractivity contribution in [3.63, 3.8) is 0 Å². The van der Waals surface area contributed by atoms with E-state index in [0.717, 1.165) is 60.9 Å². The van der Waals surface area contributed by atoms with Gasteiger partial charge in [-0.15, -0.1) is 0 Å². The number of piperazine rings is 1.